The van der Waals surface area contributed by atoms with Crippen molar-refractivity contribution in [1.29, 1.82) is 0 Å². The molecule has 0 spiro atoms. The number of carbonyl (C=O) groups is 2. The minimum absolute atomic E-state index is 0.329. The van der Waals surface area contributed by atoms with Crippen LogP contribution >= 0.6 is 0 Å². The zero-order valence-electron chi connectivity index (χ0n) is 15.3. The van der Waals surface area contributed by atoms with Crippen LogP contribution < -0.4 is 26.0 Å². The Morgan fingerprint density at radius 1 is 1.00 bits per heavy atom. The largest absolute Gasteiger partial charge is 0.497 e. The Balaban J connectivity index is 1.54. The summed E-state index contributed by atoms with van der Waals surface area (Å²) in [5, 5.41) is 0.781. The van der Waals surface area contributed by atoms with E-state index in [-0.39, 0.29) is 6.61 Å². The first-order valence-corrected chi connectivity index (χ1v) is 8.37. The van der Waals surface area contributed by atoms with Crippen molar-refractivity contribution in [3.05, 3.63) is 70.1 Å². The lowest BCUT2D eigenvalue weighted by Crippen LogP contribution is -2.43. The third-order valence-electron chi connectivity index (χ3n) is 3.96. The molecular weight excluding hydrogens is 364 g/mol. The second kappa shape index (κ2) is 8.26. The molecule has 0 aliphatic rings. The van der Waals surface area contributed by atoms with Crippen LogP contribution in [0.15, 0.2) is 57.7 Å². The number of ether oxygens (including phenoxy) is 2. The Morgan fingerprint density at radius 2 is 1.71 bits per heavy atom. The van der Waals surface area contributed by atoms with Gasteiger partial charge in [-0.3, -0.25) is 20.4 Å². The summed E-state index contributed by atoms with van der Waals surface area (Å²) in [6.45, 7) is 1.48. The van der Waals surface area contributed by atoms with Gasteiger partial charge in [0.1, 0.15) is 17.1 Å². The summed E-state index contributed by atoms with van der Waals surface area (Å²) in [4.78, 5) is 35.3. The summed E-state index contributed by atoms with van der Waals surface area (Å²) in [6, 6.07) is 12.8. The Kier molecular flexibility index (Phi) is 5.59. The van der Waals surface area contributed by atoms with Gasteiger partial charge in [-0.15, -0.1) is 0 Å². The molecule has 0 fully saturated rings. The van der Waals surface area contributed by atoms with E-state index in [0.717, 1.165) is 10.9 Å². The van der Waals surface area contributed by atoms with Crippen molar-refractivity contribution in [2.45, 2.75) is 6.92 Å². The molecular formula is C20H18N2O6. The number of rotatable bonds is 5. The van der Waals surface area contributed by atoms with Gasteiger partial charge in [0.05, 0.1) is 7.11 Å². The maximum absolute atomic E-state index is 12.0. The standard InChI is InChI=1S/C20H18N2O6/c1-12-9-19(24)28-17-10-15(7-8-16(12)17)27-11-18(23)21-22-20(25)13-3-5-14(26-2)6-4-13/h3-10H,11H2,1-2H3,(H,21,23)(H,22,25). The summed E-state index contributed by atoms with van der Waals surface area (Å²) in [6.07, 6.45) is 0. The van der Waals surface area contributed by atoms with Crippen LogP contribution in [0, 0.1) is 6.92 Å². The lowest BCUT2D eigenvalue weighted by atomic mass is 10.1. The number of benzene rings is 2. The van der Waals surface area contributed by atoms with Gasteiger partial charge in [0.2, 0.25) is 0 Å². The highest BCUT2D eigenvalue weighted by Gasteiger charge is 2.09. The molecule has 3 rings (SSSR count). The lowest BCUT2D eigenvalue weighted by molar-refractivity contribution is -0.123. The van der Waals surface area contributed by atoms with Gasteiger partial charge in [-0.2, -0.15) is 0 Å². The van der Waals surface area contributed by atoms with E-state index in [2.05, 4.69) is 10.9 Å². The number of nitrogens with one attached hydrogen (secondary N) is 2. The number of fused-ring (bicyclic) bond motifs is 1. The molecule has 144 valence electrons. The number of aryl methyl sites for hydroxylation is 1. The molecule has 28 heavy (non-hydrogen) atoms. The molecule has 0 aliphatic carbocycles. The molecule has 2 aromatic carbocycles. The SMILES string of the molecule is COc1ccc(C(=O)NNC(=O)COc2ccc3c(C)cc(=O)oc3c2)cc1. The average molecular weight is 382 g/mol. The average Bonchev–Trinajstić information content (AvgIpc) is 2.70. The van der Waals surface area contributed by atoms with Crippen LogP contribution in [0.3, 0.4) is 0 Å². The van der Waals surface area contributed by atoms with Crippen molar-refractivity contribution in [3.8, 4) is 11.5 Å². The first-order valence-electron chi connectivity index (χ1n) is 8.37. The Hall–Kier alpha value is -3.81. The van der Waals surface area contributed by atoms with Crippen molar-refractivity contribution in [2.24, 2.45) is 0 Å². The molecule has 3 aromatic rings. The minimum atomic E-state index is -0.548. The van der Waals surface area contributed by atoms with Crippen LogP contribution in [0.5, 0.6) is 11.5 Å². The van der Waals surface area contributed by atoms with Gasteiger partial charge in [0.25, 0.3) is 11.8 Å². The molecule has 0 saturated heterocycles. The fourth-order valence-electron chi connectivity index (χ4n) is 2.52. The molecule has 8 nitrogen and oxygen atoms in total. The van der Waals surface area contributed by atoms with Crippen LogP contribution in [0.4, 0.5) is 0 Å². The summed E-state index contributed by atoms with van der Waals surface area (Å²) in [5.41, 5.74) is 5.63. The van der Waals surface area contributed by atoms with E-state index in [0.29, 0.717) is 22.6 Å². The summed E-state index contributed by atoms with van der Waals surface area (Å²) in [7, 11) is 1.53. The van der Waals surface area contributed by atoms with Crippen LogP contribution in [0.1, 0.15) is 15.9 Å². The van der Waals surface area contributed by atoms with Crippen LogP contribution in [0.25, 0.3) is 11.0 Å². The van der Waals surface area contributed by atoms with E-state index >= 15 is 0 Å². The Bertz CT molecular complexity index is 1070. The van der Waals surface area contributed by atoms with Crippen molar-refractivity contribution in [3.63, 3.8) is 0 Å². The Morgan fingerprint density at radius 3 is 2.43 bits per heavy atom. The molecule has 0 atom stereocenters. The second-order valence-corrected chi connectivity index (χ2v) is 5.93. The molecule has 0 radical (unpaired) electrons. The monoisotopic (exact) mass is 382 g/mol. The van der Waals surface area contributed by atoms with Crippen molar-refractivity contribution in [2.75, 3.05) is 13.7 Å². The normalized spacial score (nSPS) is 10.4. The van der Waals surface area contributed by atoms with Gasteiger partial charge in [-0.05, 0) is 48.9 Å². The van der Waals surface area contributed by atoms with Crippen molar-refractivity contribution in [1.82, 2.24) is 10.9 Å². The lowest BCUT2D eigenvalue weighted by Gasteiger charge is -2.10. The third kappa shape index (κ3) is 4.47. The van der Waals surface area contributed by atoms with Gasteiger partial charge < -0.3 is 13.9 Å². The first-order chi connectivity index (χ1) is 13.5. The highest BCUT2D eigenvalue weighted by molar-refractivity contribution is 5.95. The molecule has 2 amide bonds. The number of carbonyl (C=O) groups excluding carboxylic acids is 2. The quantitative estimate of drug-likeness (QED) is 0.516. The van der Waals surface area contributed by atoms with Crippen LogP contribution in [-0.2, 0) is 4.79 Å². The Labute approximate surface area is 160 Å². The highest BCUT2D eigenvalue weighted by Crippen LogP contribution is 2.22. The van der Waals surface area contributed by atoms with Crippen molar-refractivity contribution < 1.29 is 23.5 Å². The van der Waals surface area contributed by atoms with E-state index in [1.54, 1.807) is 43.3 Å². The predicted molar refractivity (Wildman–Crippen MR) is 101 cm³/mol. The van der Waals surface area contributed by atoms with E-state index < -0.39 is 17.4 Å². The topological polar surface area (TPSA) is 107 Å². The van der Waals surface area contributed by atoms with Crippen LogP contribution in [-0.4, -0.2) is 25.5 Å². The van der Waals surface area contributed by atoms with Gasteiger partial charge in [0.15, 0.2) is 6.61 Å². The van der Waals surface area contributed by atoms with E-state index in [1.807, 2.05) is 0 Å². The summed E-state index contributed by atoms with van der Waals surface area (Å²) in [5.74, 6) is -0.0418. The van der Waals surface area contributed by atoms with E-state index in [9.17, 15) is 14.4 Å². The molecule has 1 aromatic heterocycles. The van der Waals surface area contributed by atoms with Crippen LogP contribution in [0.2, 0.25) is 0 Å². The second-order valence-electron chi connectivity index (χ2n) is 5.93. The molecule has 0 saturated carbocycles. The highest BCUT2D eigenvalue weighted by atomic mass is 16.5. The summed E-state index contributed by atoms with van der Waals surface area (Å²) < 4.78 is 15.5. The fourth-order valence-corrected chi connectivity index (χ4v) is 2.52. The molecule has 2 N–H and O–H groups in total. The number of hydrogen-bond donors (Lipinski definition) is 2. The smallest absolute Gasteiger partial charge is 0.336 e. The first kappa shape index (κ1) is 19.0. The fraction of sp³-hybridized carbons (Fsp3) is 0.150. The van der Waals surface area contributed by atoms with Crippen molar-refractivity contribution >= 4 is 22.8 Å². The maximum Gasteiger partial charge on any atom is 0.336 e. The third-order valence-corrected chi connectivity index (χ3v) is 3.96. The number of amides is 2. The predicted octanol–water partition coefficient (Wildman–Crippen LogP) is 1.95. The van der Waals surface area contributed by atoms with Gasteiger partial charge >= 0.3 is 5.63 Å². The van der Waals surface area contributed by atoms with E-state index in [1.165, 1.54) is 19.2 Å². The number of hydrogen-bond acceptors (Lipinski definition) is 6. The zero-order chi connectivity index (χ0) is 20.1. The molecule has 0 unspecified atom stereocenters. The molecule has 0 aliphatic heterocycles. The number of methoxy groups -OCH3 is 1. The zero-order valence-corrected chi connectivity index (χ0v) is 15.3. The summed E-state index contributed by atoms with van der Waals surface area (Å²) >= 11 is 0. The van der Waals surface area contributed by atoms with E-state index in [4.69, 9.17) is 13.9 Å². The molecule has 0 bridgehead atoms. The number of hydrazine groups is 1. The molecule has 1 heterocycles. The molecule has 8 heteroatoms. The van der Waals surface area contributed by atoms with Gasteiger partial charge in [-0.25, -0.2) is 4.79 Å². The maximum atomic E-state index is 12.0. The van der Waals surface area contributed by atoms with Gasteiger partial charge in [-0.1, -0.05) is 0 Å². The van der Waals surface area contributed by atoms with Gasteiger partial charge in [0, 0.05) is 23.1 Å². The minimum Gasteiger partial charge on any atom is -0.497 e.